The van der Waals surface area contributed by atoms with Crippen LogP contribution in [-0.2, 0) is 16.3 Å². The van der Waals surface area contributed by atoms with Crippen LogP contribution in [0.15, 0.2) is 81.2 Å². The molecule has 0 bridgehead atoms. The third-order valence-corrected chi connectivity index (χ3v) is 7.17. The monoisotopic (exact) mass is 524 g/mol. The molecule has 1 N–H and O–H groups in total. The minimum absolute atomic E-state index is 0.321. The summed E-state index contributed by atoms with van der Waals surface area (Å²) in [5, 5.41) is 0. The van der Waals surface area contributed by atoms with Crippen LogP contribution < -0.4 is 29.7 Å². The second-order valence-corrected chi connectivity index (χ2v) is 10.4. The second kappa shape index (κ2) is 10.0. The maximum absolute atomic E-state index is 11.7. The van der Waals surface area contributed by atoms with Crippen molar-refractivity contribution in [1.29, 1.82) is 0 Å². The quantitative estimate of drug-likeness (QED) is 0.292. The van der Waals surface area contributed by atoms with Crippen LogP contribution in [0.25, 0.3) is 5.43 Å². The Labute approximate surface area is 182 Å². The normalized spacial score (nSPS) is 16.6. The molecule has 154 valence electrons. The molecule has 0 saturated carbocycles. The van der Waals surface area contributed by atoms with Gasteiger partial charge in [0.25, 0.3) is 0 Å². The third-order valence-electron chi connectivity index (χ3n) is 4.08. The molecule has 3 rings (SSSR count). The Balaban J connectivity index is 1.83. The molecule has 0 amide bonds. The molecule has 0 spiro atoms. The zero-order chi connectivity index (χ0) is 20.7. The molecule has 0 radical (unpaired) electrons. The van der Waals surface area contributed by atoms with Gasteiger partial charge in [-0.3, -0.25) is 0 Å². The summed E-state index contributed by atoms with van der Waals surface area (Å²) in [6, 6.07) is 14.9. The number of hydrogen-bond donors (Lipinski definition) is 1. The van der Waals surface area contributed by atoms with Crippen LogP contribution in [0.4, 0.5) is 0 Å². The second-order valence-electron chi connectivity index (χ2n) is 6.32. The van der Waals surface area contributed by atoms with Crippen LogP contribution in [0.1, 0.15) is 18.1 Å². The summed E-state index contributed by atoms with van der Waals surface area (Å²) in [5.41, 5.74) is 7.37. The van der Waals surface area contributed by atoms with Crippen molar-refractivity contribution >= 4 is 15.5 Å². The molecule has 29 heavy (non-hydrogen) atoms. The molecule has 8 heteroatoms. The third kappa shape index (κ3) is 6.41. The summed E-state index contributed by atoms with van der Waals surface area (Å²) in [6.07, 6.45) is 9.47. The van der Waals surface area contributed by atoms with E-state index in [4.69, 9.17) is 7.94 Å². The van der Waals surface area contributed by atoms with E-state index in [0.717, 1.165) is 25.8 Å². The molecule has 1 atom stereocenters. The fraction of sp³-hybridized carbons (Fsp3) is 0.190. The summed E-state index contributed by atoms with van der Waals surface area (Å²) in [4.78, 5) is 0.321. The van der Waals surface area contributed by atoms with E-state index < -0.39 is 31.6 Å². The van der Waals surface area contributed by atoms with Gasteiger partial charge in [-0.1, -0.05) is 0 Å². The Morgan fingerprint density at radius 2 is 1.83 bits per heavy atom. The van der Waals surface area contributed by atoms with E-state index in [0.29, 0.717) is 17.9 Å². The summed E-state index contributed by atoms with van der Waals surface area (Å²) in [7, 11) is -3.20. The Bertz CT molecular complexity index is 1010. The fourth-order valence-corrected chi connectivity index (χ4v) is 4.90. The van der Waals surface area contributed by atoms with Crippen LogP contribution in [0.3, 0.4) is 0 Å². The summed E-state index contributed by atoms with van der Waals surface area (Å²) in [6.45, 7) is 2.58. The number of nitrogens with zero attached hydrogens (tertiary/aromatic N) is 2. The molecule has 2 aromatic carbocycles. The van der Waals surface area contributed by atoms with E-state index >= 15 is 0 Å². The molecule has 0 aromatic heterocycles. The molecule has 6 nitrogen and oxygen atoms in total. The Hall–Kier alpha value is -2.17. The summed E-state index contributed by atoms with van der Waals surface area (Å²) >= 11 is -0.628. The first-order valence-corrected chi connectivity index (χ1v) is 13.0. The number of benzene rings is 2. The number of ether oxygens (including phenoxy) is 1. The molecule has 0 aliphatic carbocycles. The van der Waals surface area contributed by atoms with Gasteiger partial charge in [0, 0.05) is 0 Å². The topological polar surface area (TPSA) is 74.3 Å². The number of hydrogen-bond acceptors (Lipinski definition) is 4. The van der Waals surface area contributed by atoms with E-state index in [2.05, 4.69) is 5.43 Å². The van der Waals surface area contributed by atoms with E-state index in [-0.39, 0.29) is 0 Å². The first-order chi connectivity index (χ1) is 14.0. The average molecular weight is 524 g/mol. The molecule has 1 aliphatic rings. The Morgan fingerprint density at radius 3 is 2.41 bits per heavy atom. The van der Waals surface area contributed by atoms with E-state index in [9.17, 15) is 8.42 Å². The maximum atomic E-state index is 11.7. The Kier molecular flexibility index (Phi) is 7.45. The standard InChI is InChI=1S/C21H23IN3O3S/c1-3-28-19-10-8-18(9-11-19)21(24-22-25-15-5-4-14-23-25)16-17-6-12-20(13-7-17)29(2,26)27/h4-15,25H,3,16H2,1-2H3/q-1. The zero-order valence-corrected chi connectivity index (χ0v) is 19.2. The van der Waals surface area contributed by atoms with E-state index in [1.807, 2.05) is 61.7 Å². The van der Waals surface area contributed by atoms with Crippen LogP contribution in [0.2, 0.25) is 0 Å². The average Bonchev–Trinajstić information content (AvgIpc) is 2.72. The first kappa shape index (κ1) is 21.5. The van der Waals surface area contributed by atoms with Crippen molar-refractivity contribution in [2.45, 2.75) is 18.2 Å². The van der Waals surface area contributed by atoms with Crippen molar-refractivity contribution in [3.05, 3.63) is 89.6 Å². The van der Waals surface area contributed by atoms with Crippen LogP contribution in [-0.4, -0.2) is 27.0 Å². The van der Waals surface area contributed by atoms with Gasteiger partial charge in [0.1, 0.15) is 0 Å². The van der Waals surface area contributed by atoms with Gasteiger partial charge >= 0.3 is 183 Å². The van der Waals surface area contributed by atoms with Crippen molar-refractivity contribution in [2.24, 2.45) is 3.21 Å². The predicted octanol–water partition coefficient (Wildman–Crippen LogP) is -0.346. The van der Waals surface area contributed by atoms with Crippen LogP contribution in [0.5, 0.6) is 5.75 Å². The minimum atomic E-state index is -3.20. The summed E-state index contributed by atoms with van der Waals surface area (Å²) < 4.78 is 34.8. The van der Waals surface area contributed by atoms with E-state index in [1.54, 1.807) is 18.3 Å². The van der Waals surface area contributed by atoms with Crippen molar-refractivity contribution in [3.8, 4) is 5.75 Å². The molecule has 0 saturated heterocycles. The van der Waals surface area contributed by atoms with Gasteiger partial charge in [-0.15, -0.1) is 0 Å². The molecule has 1 unspecified atom stereocenters. The fourth-order valence-electron chi connectivity index (χ4n) is 2.63. The number of nitrogens with one attached hydrogen (secondary N) is 1. The van der Waals surface area contributed by atoms with Gasteiger partial charge < -0.3 is 0 Å². The molecular formula is C21H23IN3O3S-. The number of allylic oxidation sites excluding steroid dienone is 2. The molecule has 1 heterocycles. The van der Waals surface area contributed by atoms with Gasteiger partial charge in [-0.05, 0) is 0 Å². The van der Waals surface area contributed by atoms with Gasteiger partial charge in [0.2, 0.25) is 0 Å². The van der Waals surface area contributed by atoms with Crippen molar-refractivity contribution in [2.75, 3.05) is 12.9 Å². The summed E-state index contributed by atoms with van der Waals surface area (Å²) in [5.74, 6) is 0.826. The van der Waals surface area contributed by atoms with Crippen molar-refractivity contribution in [3.63, 3.8) is 0 Å². The molecule has 0 fully saturated rings. The molecule has 1 aliphatic heterocycles. The van der Waals surface area contributed by atoms with Gasteiger partial charge in [-0.25, -0.2) is 0 Å². The van der Waals surface area contributed by atoms with Gasteiger partial charge in [-0.2, -0.15) is 0 Å². The van der Waals surface area contributed by atoms with Crippen LogP contribution >= 0.6 is 0 Å². The van der Waals surface area contributed by atoms with Crippen LogP contribution in [0, 0.1) is 0 Å². The van der Waals surface area contributed by atoms with Crippen molar-refractivity contribution < 1.29 is 38.1 Å². The van der Waals surface area contributed by atoms with Gasteiger partial charge in [0.05, 0.1) is 0 Å². The Morgan fingerprint density at radius 1 is 1.10 bits per heavy atom. The SMILES string of the molecule is CCOc1ccc(C(Cc2ccc(S(C)(=O)=O)cc2)=N[I-][NH+]2C=CC=C[N-]2)cc1. The number of quaternary nitrogens is 1. The van der Waals surface area contributed by atoms with Crippen molar-refractivity contribution in [1.82, 2.24) is 0 Å². The number of sulfone groups is 1. The molecule has 2 aromatic rings. The predicted molar refractivity (Wildman–Crippen MR) is 110 cm³/mol. The van der Waals surface area contributed by atoms with E-state index in [1.165, 1.54) is 6.26 Å². The number of rotatable bonds is 8. The molecular weight excluding hydrogens is 501 g/mol. The first-order valence-electron chi connectivity index (χ1n) is 9.10. The number of halogens is 1. The van der Waals surface area contributed by atoms with Gasteiger partial charge in [0.15, 0.2) is 0 Å². The zero-order valence-electron chi connectivity index (χ0n) is 16.2.